The van der Waals surface area contributed by atoms with Crippen LogP contribution in [0.25, 0.3) is 0 Å². The summed E-state index contributed by atoms with van der Waals surface area (Å²) >= 11 is 5.75. The number of anilines is 1. The SMILES string of the molecule is O=C(O)c1ccc(Cl)cc1NS(=O)(=O)c1ccc([N+](=O)[O-])cc1. The first-order valence-electron chi connectivity index (χ1n) is 6.01. The Balaban J connectivity index is 2.40. The van der Waals surface area contributed by atoms with Gasteiger partial charge in [-0.15, -0.1) is 0 Å². The predicted molar refractivity (Wildman–Crippen MR) is 82.3 cm³/mol. The molecular formula is C13H9ClN2O6S. The highest BCUT2D eigenvalue weighted by Gasteiger charge is 2.19. The van der Waals surface area contributed by atoms with Crippen molar-refractivity contribution < 1.29 is 23.2 Å². The molecule has 0 saturated carbocycles. The number of rotatable bonds is 5. The highest BCUT2D eigenvalue weighted by atomic mass is 35.5. The lowest BCUT2D eigenvalue weighted by Gasteiger charge is -2.11. The Bertz CT molecular complexity index is 880. The topological polar surface area (TPSA) is 127 Å². The Kier molecular flexibility index (Phi) is 4.52. The number of nitrogens with zero attached hydrogens (tertiary/aromatic N) is 1. The Morgan fingerprint density at radius 1 is 1.17 bits per heavy atom. The van der Waals surface area contributed by atoms with Crippen molar-refractivity contribution in [3.8, 4) is 0 Å². The molecule has 10 heteroatoms. The number of nitro groups is 1. The molecule has 0 spiro atoms. The number of non-ortho nitro benzene ring substituents is 1. The lowest BCUT2D eigenvalue weighted by Crippen LogP contribution is -2.15. The van der Waals surface area contributed by atoms with Crippen LogP contribution in [0.3, 0.4) is 0 Å². The molecule has 23 heavy (non-hydrogen) atoms. The molecule has 2 aromatic rings. The summed E-state index contributed by atoms with van der Waals surface area (Å²) in [6.45, 7) is 0. The van der Waals surface area contributed by atoms with Gasteiger partial charge in [0.05, 0.1) is 21.1 Å². The summed E-state index contributed by atoms with van der Waals surface area (Å²) < 4.78 is 26.6. The van der Waals surface area contributed by atoms with Crippen LogP contribution >= 0.6 is 11.6 Å². The quantitative estimate of drug-likeness (QED) is 0.626. The molecule has 0 fully saturated rings. The number of halogens is 1. The average Bonchev–Trinajstić information content (AvgIpc) is 2.46. The number of hydrogen-bond donors (Lipinski definition) is 2. The van der Waals surface area contributed by atoms with E-state index < -0.39 is 20.9 Å². The summed E-state index contributed by atoms with van der Waals surface area (Å²) in [6, 6.07) is 7.80. The summed E-state index contributed by atoms with van der Waals surface area (Å²) in [6.07, 6.45) is 0. The lowest BCUT2D eigenvalue weighted by molar-refractivity contribution is -0.384. The van der Waals surface area contributed by atoms with Gasteiger partial charge in [0.1, 0.15) is 0 Å². The molecule has 0 aliphatic rings. The van der Waals surface area contributed by atoms with Crippen molar-refractivity contribution in [2.24, 2.45) is 0 Å². The summed E-state index contributed by atoms with van der Waals surface area (Å²) in [5.41, 5.74) is -0.749. The molecule has 120 valence electrons. The second-order valence-corrected chi connectivity index (χ2v) is 6.47. The summed E-state index contributed by atoms with van der Waals surface area (Å²) in [7, 11) is -4.12. The van der Waals surface area contributed by atoms with E-state index in [-0.39, 0.29) is 26.9 Å². The van der Waals surface area contributed by atoms with Crippen LogP contribution in [0.4, 0.5) is 11.4 Å². The third kappa shape index (κ3) is 3.76. The van der Waals surface area contributed by atoms with Crippen LogP contribution in [0.2, 0.25) is 5.02 Å². The maximum atomic E-state index is 12.3. The molecule has 0 amide bonds. The van der Waals surface area contributed by atoms with Gasteiger partial charge in [0, 0.05) is 17.2 Å². The van der Waals surface area contributed by atoms with Crippen LogP contribution < -0.4 is 4.72 Å². The van der Waals surface area contributed by atoms with E-state index in [1.807, 2.05) is 0 Å². The fourth-order valence-electron chi connectivity index (χ4n) is 1.74. The number of hydrogen-bond acceptors (Lipinski definition) is 5. The van der Waals surface area contributed by atoms with E-state index >= 15 is 0 Å². The highest BCUT2D eigenvalue weighted by molar-refractivity contribution is 7.92. The minimum atomic E-state index is -4.12. The van der Waals surface area contributed by atoms with Crippen LogP contribution in [0, 0.1) is 10.1 Å². The standard InChI is InChI=1S/C13H9ClN2O6S/c14-8-1-6-11(13(17)18)12(7-8)15-23(21,22)10-4-2-9(3-5-10)16(19)20/h1-7,15H,(H,17,18). The predicted octanol–water partition coefficient (Wildman–Crippen LogP) is 2.75. The van der Waals surface area contributed by atoms with E-state index in [1.54, 1.807) is 0 Å². The van der Waals surface area contributed by atoms with Gasteiger partial charge in [0.25, 0.3) is 15.7 Å². The zero-order valence-electron chi connectivity index (χ0n) is 11.3. The highest BCUT2D eigenvalue weighted by Crippen LogP contribution is 2.25. The fraction of sp³-hybridized carbons (Fsp3) is 0. The molecule has 2 N–H and O–H groups in total. The van der Waals surface area contributed by atoms with Gasteiger partial charge in [0.15, 0.2) is 0 Å². The van der Waals surface area contributed by atoms with Crippen LogP contribution in [-0.2, 0) is 10.0 Å². The summed E-state index contributed by atoms with van der Waals surface area (Å²) in [4.78, 5) is 20.8. The van der Waals surface area contributed by atoms with E-state index in [4.69, 9.17) is 16.7 Å². The van der Waals surface area contributed by atoms with Gasteiger partial charge in [-0.1, -0.05) is 11.6 Å². The molecule has 0 aromatic heterocycles. The first-order valence-corrected chi connectivity index (χ1v) is 7.87. The van der Waals surface area contributed by atoms with Gasteiger partial charge < -0.3 is 5.11 Å². The molecule has 0 atom stereocenters. The van der Waals surface area contributed by atoms with E-state index in [2.05, 4.69) is 4.72 Å². The number of sulfonamides is 1. The Morgan fingerprint density at radius 3 is 2.30 bits per heavy atom. The van der Waals surface area contributed by atoms with Crippen molar-refractivity contribution in [3.63, 3.8) is 0 Å². The molecule has 0 saturated heterocycles. The van der Waals surface area contributed by atoms with Gasteiger partial charge in [-0.3, -0.25) is 14.8 Å². The van der Waals surface area contributed by atoms with Crippen molar-refractivity contribution in [2.75, 3.05) is 4.72 Å². The minimum absolute atomic E-state index is 0.149. The fourth-order valence-corrected chi connectivity index (χ4v) is 2.98. The number of nitro benzene ring substituents is 1. The van der Waals surface area contributed by atoms with Gasteiger partial charge in [0.2, 0.25) is 0 Å². The van der Waals surface area contributed by atoms with Crippen LogP contribution in [0.5, 0.6) is 0 Å². The normalized spacial score (nSPS) is 11.0. The largest absolute Gasteiger partial charge is 0.478 e. The zero-order valence-corrected chi connectivity index (χ0v) is 12.8. The van der Waals surface area contributed by atoms with Crippen LogP contribution in [0.1, 0.15) is 10.4 Å². The van der Waals surface area contributed by atoms with Crippen molar-refractivity contribution in [1.29, 1.82) is 0 Å². The van der Waals surface area contributed by atoms with Crippen molar-refractivity contribution in [1.82, 2.24) is 0 Å². The average molecular weight is 357 g/mol. The molecule has 0 aliphatic heterocycles. The Morgan fingerprint density at radius 2 is 1.78 bits per heavy atom. The molecule has 0 heterocycles. The third-order valence-corrected chi connectivity index (χ3v) is 4.43. The summed E-state index contributed by atoms with van der Waals surface area (Å²) in [5, 5.41) is 19.8. The zero-order chi connectivity index (χ0) is 17.2. The molecule has 0 aliphatic carbocycles. The summed E-state index contributed by atoms with van der Waals surface area (Å²) in [5.74, 6) is -1.33. The molecule has 0 radical (unpaired) electrons. The first-order chi connectivity index (χ1) is 10.7. The number of carbonyl (C=O) groups is 1. The number of aromatic carboxylic acids is 1. The van der Waals surface area contributed by atoms with Gasteiger partial charge in [-0.25, -0.2) is 13.2 Å². The second kappa shape index (κ2) is 6.23. The molecular weight excluding hydrogens is 348 g/mol. The number of carboxylic acid groups (broad SMARTS) is 1. The maximum Gasteiger partial charge on any atom is 0.337 e. The van der Waals surface area contributed by atoms with Crippen LogP contribution in [0.15, 0.2) is 47.4 Å². The van der Waals surface area contributed by atoms with Crippen molar-refractivity contribution >= 4 is 39.0 Å². The van der Waals surface area contributed by atoms with Gasteiger partial charge >= 0.3 is 5.97 Å². The molecule has 8 nitrogen and oxygen atoms in total. The van der Waals surface area contributed by atoms with Crippen LogP contribution in [-0.4, -0.2) is 24.4 Å². The van der Waals surface area contributed by atoms with Gasteiger partial charge in [-0.05, 0) is 30.3 Å². The van der Waals surface area contributed by atoms with E-state index in [0.29, 0.717) is 0 Å². The molecule has 2 aromatic carbocycles. The van der Waals surface area contributed by atoms with E-state index in [9.17, 15) is 23.3 Å². The van der Waals surface area contributed by atoms with Crippen molar-refractivity contribution in [2.45, 2.75) is 4.90 Å². The number of benzene rings is 2. The smallest absolute Gasteiger partial charge is 0.337 e. The maximum absolute atomic E-state index is 12.3. The molecule has 0 unspecified atom stereocenters. The Labute approximate surface area is 135 Å². The van der Waals surface area contributed by atoms with E-state index in [0.717, 1.165) is 30.3 Å². The lowest BCUT2D eigenvalue weighted by atomic mass is 10.2. The number of carboxylic acids is 1. The Hall–Kier alpha value is -2.65. The van der Waals surface area contributed by atoms with Gasteiger partial charge in [-0.2, -0.15) is 0 Å². The monoisotopic (exact) mass is 356 g/mol. The molecule has 0 bridgehead atoms. The number of nitrogens with one attached hydrogen (secondary N) is 1. The molecule has 2 rings (SSSR count). The third-order valence-electron chi connectivity index (χ3n) is 2.81. The minimum Gasteiger partial charge on any atom is -0.478 e. The second-order valence-electron chi connectivity index (χ2n) is 4.35. The van der Waals surface area contributed by atoms with E-state index in [1.165, 1.54) is 12.1 Å². The first kappa shape index (κ1) is 16.7. The van der Waals surface area contributed by atoms with Crippen molar-refractivity contribution in [3.05, 3.63) is 63.2 Å².